The Hall–Kier alpha value is -6.62. The van der Waals surface area contributed by atoms with E-state index in [9.17, 15) is 0 Å². The van der Waals surface area contributed by atoms with Crippen molar-refractivity contribution in [2.45, 2.75) is 23.2 Å². The molecule has 0 bridgehead atoms. The molecule has 0 spiro atoms. The van der Waals surface area contributed by atoms with Gasteiger partial charge in [0.2, 0.25) is 0 Å². The molecule has 266 valence electrons. The van der Waals surface area contributed by atoms with Gasteiger partial charge in [0.05, 0.1) is 5.41 Å². The zero-order valence-electron chi connectivity index (χ0n) is 30.7. The lowest BCUT2D eigenvalue weighted by Crippen LogP contribution is -2.35. The van der Waals surface area contributed by atoms with E-state index in [4.69, 9.17) is 15.0 Å². The number of aromatic nitrogens is 3. The number of thioether (sulfide) groups is 1. The third-order valence-corrected chi connectivity index (χ3v) is 12.2. The van der Waals surface area contributed by atoms with Gasteiger partial charge in [-0.05, 0) is 74.4 Å². The maximum absolute atomic E-state index is 5.10. The Bertz CT molecular complexity index is 2700. The third-order valence-electron chi connectivity index (χ3n) is 10.9. The molecule has 1 aliphatic heterocycles. The van der Waals surface area contributed by atoms with Crippen molar-refractivity contribution < 1.29 is 0 Å². The summed E-state index contributed by atoms with van der Waals surface area (Å²) in [6, 6.07) is 66.8. The smallest absolute Gasteiger partial charge is 0.164 e. The van der Waals surface area contributed by atoms with Crippen LogP contribution in [0.5, 0.6) is 0 Å². The minimum Gasteiger partial charge on any atom is -0.208 e. The van der Waals surface area contributed by atoms with Crippen molar-refractivity contribution in [3.63, 3.8) is 0 Å². The Morgan fingerprint density at radius 2 is 0.875 bits per heavy atom. The second-order valence-corrected chi connectivity index (χ2v) is 15.4. The van der Waals surface area contributed by atoms with Gasteiger partial charge < -0.3 is 0 Å². The molecular formula is C52H37N3S. The van der Waals surface area contributed by atoms with Crippen LogP contribution in [0, 0.1) is 0 Å². The van der Waals surface area contributed by atoms with Crippen LogP contribution in [-0.2, 0) is 5.41 Å². The number of hydrogen-bond acceptors (Lipinski definition) is 4. The first kappa shape index (κ1) is 33.9. The number of benzene rings is 7. The summed E-state index contributed by atoms with van der Waals surface area (Å²) in [6.07, 6.45) is 6.83. The summed E-state index contributed by atoms with van der Waals surface area (Å²) in [6.45, 7) is 0. The molecule has 0 saturated heterocycles. The predicted octanol–water partition coefficient (Wildman–Crippen LogP) is 13.3. The lowest BCUT2D eigenvalue weighted by Gasteiger charge is -2.43. The molecule has 56 heavy (non-hydrogen) atoms. The van der Waals surface area contributed by atoms with Crippen molar-refractivity contribution in [3.05, 3.63) is 227 Å². The van der Waals surface area contributed by atoms with Gasteiger partial charge in [-0.3, -0.25) is 0 Å². The van der Waals surface area contributed by atoms with Gasteiger partial charge in [-0.15, -0.1) is 0 Å². The minimum absolute atomic E-state index is 0.413. The van der Waals surface area contributed by atoms with E-state index < -0.39 is 5.41 Å². The zero-order valence-corrected chi connectivity index (χ0v) is 31.5. The molecule has 7 aromatic carbocycles. The molecule has 0 atom stereocenters. The van der Waals surface area contributed by atoms with Crippen LogP contribution in [0.4, 0.5) is 0 Å². The lowest BCUT2D eigenvalue weighted by molar-refractivity contribution is 0.705. The molecule has 0 N–H and O–H groups in total. The summed E-state index contributed by atoms with van der Waals surface area (Å²) >= 11 is 1.94. The zero-order chi connectivity index (χ0) is 37.3. The molecule has 0 saturated carbocycles. The number of nitrogens with zero attached hydrogens (tertiary/aromatic N) is 3. The fraction of sp³-hybridized carbons (Fsp3) is 0.0577. The van der Waals surface area contributed by atoms with Gasteiger partial charge in [-0.2, -0.15) is 0 Å². The summed E-state index contributed by atoms with van der Waals surface area (Å²) < 4.78 is 0. The average Bonchev–Trinajstić information content (AvgIpc) is 3.29. The van der Waals surface area contributed by atoms with Crippen LogP contribution in [0.25, 0.3) is 56.4 Å². The van der Waals surface area contributed by atoms with E-state index in [1.54, 1.807) is 0 Å². The van der Waals surface area contributed by atoms with Crippen LogP contribution in [-0.4, -0.2) is 15.0 Å². The van der Waals surface area contributed by atoms with Crippen LogP contribution >= 0.6 is 11.8 Å². The highest BCUT2D eigenvalue weighted by Gasteiger charge is 2.45. The highest BCUT2D eigenvalue weighted by Crippen LogP contribution is 2.57. The van der Waals surface area contributed by atoms with Crippen molar-refractivity contribution in [1.82, 2.24) is 15.0 Å². The van der Waals surface area contributed by atoms with E-state index in [1.807, 2.05) is 36.0 Å². The van der Waals surface area contributed by atoms with Gasteiger partial charge in [0.15, 0.2) is 17.5 Å². The molecule has 3 nitrogen and oxygen atoms in total. The topological polar surface area (TPSA) is 38.7 Å². The molecule has 10 rings (SSSR count). The molecule has 0 radical (unpaired) electrons. The third kappa shape index (κ3) is 6.09. The first-order valence-electron chi connectivity index (χ1n) is 19.2. The second kappa shape index (κ2) is 14.6. The molecule has 0 fully saturated rings. The normalized spacial score (nSPS) is 14.2. The molecule has 1 aliphatic carbocycles. The Morgan fingerprint density at radius 1 is 0.411 bits per heavy atom. The van der Waals surface area contributed by atoms with Crippen LogP contribution in [0.3, 0.4) is 0 Å². The van der Waals surface area contributed by atoms with Gasteiger partial charge in [0.1, 0.15) is 0 Å². The van der Waals surface area contributed by atoms with Crippen molar-refractivity contribution in [2.75, 3.05) is 0 Å². The van der Waals surface area contributed by atoms with Crippen molar-refractivity contribution in [2.24, 2.45) is 0 Å². The van der Waals surface area contributed by atoms with Crippen molar-refractivity contribution in [1.29, 1.82) is 0 Å². The molecule has 2 aliphatic rings. The largest absolute Gasteiger partial charge is 0.208 e. The Kier molecular flexibility index (Phi) is 8.81. The standard InChI is InChI=1S/C52H37N3S/c1-5-16-36(17-6-1)37-28-30-39(31-29-37)50-53-49(38-18-7-2-8-19-38)54-51(55-50)42-21-15-20-40(34-42)41-32-33-46-48(35-41)56-47-27-14-13-26-45(47)52(46,43-22-9-3-10-23-43)44-24-11-4-12-25-44/h1-13,15-26,28-35H,14,27H2. The van der Waals surface area contributed by atoms with Crippen LogP contribution in [0.1, 0.15) is 29.5 Å². The fourth-order valence-corrected chi connectivity index (χ4v) is 9.59. The van der Waals surface area contributed by atoms with Gasteiger partial charge in [0.25, 0.3) is 0 Å². The van der Waals surface area contributed by atoms with E-state index in [2.05, 4.69) is 176 Å². The predicted molar refractivity (Wildman–Crippen MR) is 231 cm³/mol. The van der Waals surface area contributed by atoms with Gasteiger partial charge in [-0.25, -0.2) is 15.0 Å². The SMILES string of the molecule is C1=CC2=C(CC1)Sc1cc(-c3cccc(-c4nc(-c5ccccc5)nc(-c5ccc(-c6ccccc6)cc5)n4)c3)ccc1C2(c1ccccc1)c1ccccc1. The van der Waals surface area contributed by atoms with Crippen LogP contribution in [0.2, 0.25) is 0 Å². The molecular weight excluding hydrogens is 699 g/mol. The molecule has 0 amide bonds. The van der Waals surface area contributed by atoms with E-state index in [0.717, 1.165) is 46.2 Å². The average molecular weight is 736 g/mol. The van der Waals surface area contributed by atoms with E-state index >= 15 is 0 Å². The van der Waals surface area contributed by atoms with E-state index in [1.165, 1.54) is 37.6 Å². The number of fused-ring (bicyclic) bond motifs is 1. The highest BCUT2D eigenvalue weighted by atomic mass is 32.2. The summed E-state index contributed by atoms with van der Waals surface area (Å²) in [5.74, 6) is 1.94. The lowest BCUT2D eigenvalue weighted by atomic mass is 9.63. The summed E-state index contributed by atoms with van der Waals surface area (Å²) in [4.78, 5) is 17.9. The quantitative estimate of drug-likeness (QED) is 0.163. The molecule has 0 unspecified atom stereocenters. The Morgan fingerprint density at radius 3 is 1.52 bits per heavy atom. The van der Waals surface area contributed by atoms with Gasteiger partial charge >= 0.3 is 0 Å². The van der Waals surface area contributed by atoms with Crippen LogP contribution in [0.15, 0.2) is 216 Å². The maximum atomic E-state index is 5.10. The molecule has 2 heterocycles. The van der Waals surface area contributed by atoms with Crippen molar-refractivity contribution in [3.8, 4) is 56.4 Å². The molecule has 4 heteroatoms. The Balaban J connectivity index is 1.08. The highest BCUT2D eigenvalue weighted by molar-refractivity contribution is 8.03. The summed E-state index contributed by atoms with van der Waals surface area (Å²) in [5, 5.41) is 0. The van der Waals surface area contributed by atoms with Gasteiger partial charge in [0, 0.05) is 21.6 Å². The number of hydrogen-bond donors (Lipinski definition) is 0. The van der Waals surface area contributed by atoms with Gasteiger partial charge in [-0.1, -0.05) is 200 Å². The van der Waals surface area contributed by atoms with E-state index in [-0.39, 0.29) is 0 Å². The fourth-order valence-electron chi connectivity index (χ4n) is 8.25. The minimum atomic E-state index is -0.413. The Labute approximate surface area is 332 Å². The summed E-state index contributed by atoms with van der Waals surface area (Å²) in [7, 11) is 0. The second-order valence-electron chi connectivity index (χ2n) is 14.3. The van der Waals surface area contributed by atoms with E-state index in [0.29, 0.717) is 17.5 Å². The first-order chi connectivity index (χ1) is 27.7. The number of rotatable bonds is 7. The summed E-state index contributed by atoms with van der Waals surface area (Å²) in [5.41, 5.74) is 12.3. The van der Waals surface area contributed by atoms with Crippen LogP contribution < -0.4 is 0 Å². The number of allylic oxidation sites excluding steroid dienone is 4. The molecule has 1 aromatic heterocycles. The maximum Gasteiger partial charge on any atom is 0.164 e. The molecule has 8 aromatic rings. The monoisotopic (exact) mass is 735 g/mol. The van der Waals surface area contributed by atoms with Crippen molar-refractivity contribution >= 4 is 11.8 Å². The first-order valence-corrected chi connectivity index (χ1v) is 20.0.